The number of likely N-dealkylation sites (N-methyl/N-ethyl adjacent to an activating group) is 1. The number of aromatic nitrogens is 1. The Hall–Kier alpha value is -3.84. The first kappa shape index (κ1) is 41.9. The van der Waals surface area contributed by atoms with E-state index in [9.17, 15) is 29.1 Å². The van der Waals surface area contributed by atoms with Crippen LogP contribution in [0.2, 0.25) is 0 Å². The zero-order chi connectivity index (χ0) is 38.5. The number of likely N-dealkylation sites (tertiary alicyclic amines) is 1. The molecule has 53 heavy (non-hydrogen) atoms. The Bertz CT molecular complexity index is 1510. The summed E-state index contributed by atoms with van der Waals surface area (Å²) in [6.45, 7) is 7.77. The van der Waals surface area contributed by atoms with Crippen LogP contribution in [-0.4, -0.2) is 82.4 Å². The van der Waals surface area contributed by atoms with Crippen molar-refractivity contribution >= 4 is 41.0 Å². The summed E-state index contributed by atoms with van der Waals surface area (Å²) < 4.78 is 5.84. The topological polar surface area (TPSA) is 167 Å². The first-order valence-electron chi connectivity index (χ1n) is 19.4. The van der Waals surface area contributed by atoms with Gasteiger partial charge in [0.25, 0.3) is 5.91 Å². The Kier molecular flexibility index (Phi) is 16.3. The van der Waals surface area contributed by atoms with E-state index in [1.165, 1.54) is 18.3 Å². The van der Waals surface area contributed by atoms with Crippen molar-refractivity contribution in [2.24, 2.45) is 17.8 Å². The molecule has 1 aliphatic carbocycles. The van der Waals surface area contributed by atoms with E-state index in [1.807, 2.05) is 51.2 Å². The Balaban J connectivity index is 1.53. The van der Waals surface area contributed by atoms with Crippen LogP contribution in [0.3, 0.4) is 0 Å². The molecule has 1 aromatic carbocycles. The minimum atomic E-state index is -0.938. The molecule has 1 aliphatic heterocycles. The maximum atomic E-state index is 14.1. The number of amides is 3. The number of carboxylic acids is 1. The lowest BCUT2D eigenvalue weighted by Crippen LogP contribution is -2.58. The lowest BCUT2D eigenvalue weighted by Gasteiger charge is -2.36. The Morgan fingerprint density at radius 2 is 1.66 bits per heavy atom. The predicted molar refractivity (Wildman–Crippen MR) is 204 cm³/mol. The fourth-order valence-corrected chi connectivity index (χ4v) is 8.42. The van der Waals surface area contributed by atoms with Crippen LogP contribution in [0.5, 0.6) is 0 Å². The van der Waals surface area contributed by atoms with Crippen LogP contribution in [-0.2, 0) is 30.3 Å². The average Bonchev–Trinajstić information content (AvgIpc) is 3.64. The predicted octanol–water partition coefficient (Wildman–Crippen LogP) is 5.67. The average molecular weight is 754 g/mol. The normalized spacial score (nSPS) is 20.2. The van der Waals surface area contributed by atoms with Gasteiger partial charge in [0.1, 0.15) is 16.7 Å². The first-order valence-corrected chi connectivity index (χ1v) is 20.2. The summed E-state index contributed by atoms with van der Waals surface area (Å²) in [5.74, 6) is -2.89. The van der Waals surface area contributed by atoms with Gasteiger partial charge in [-0.1, -0.05) is 83.2 Å². The van der Waals surface area contributed by atoms with Crippen molar-refractivity contribution in [3.05, 3.63) is 52.0 Å². The molecule has 12 nitrogen and oxygen atoms in total. The summed E-state index contributed by atoms with van der Waals surface area (Å²) in [5.41, 5.74) is 1.12. The number of nitrogens with one attached hydrogen (secondary N) is 3. The highest BCUT2D eigenvalue weighted by Crippen LogP contribution is 2.34. The molecule has 3 amide bonds. The SMILES string of the molecule is CC[C@H](C)[C@H](NC(=O)[C@H]1CCCCN1C)C(=O)N[C@H](C[C@@H](OC(C)=O)c1nc(C(=O)N[C@@H](Cc2ccccc2)C[C@H](C)C(=O)O)cs1)C1CCCCC1. The third-order valence-electron chi connectivity index (χ3n) is 10.9. The van der Waals surface area contributed by atoms with Crippen molar-refractivity contribution in [1.82, 2.24) is 25.8 Å². The number of hydrogen-bond acceptors (Lipinski definition) is 9. The monoisotopic (exact) mass is 753 g/mol. The molecule has 7 atom stereocenters. The van der Waals surface area contributed by atoms with Gasteiger partial charge in [-0.25, -0.2) is 4.98 Å². The summed E-state index contributed by atoms with van der Waals surface area (Å²) in [5, 5.41) is 21.0. The largest absolute Gasteiger partial charge is 0.481 e. The van der Waals surface area contributed by atoms with Crippen molar-refractivity contribution in [2.75, 3.05) is 13.6 Å². The lowest BCUT2D eigenvalue weighted by molar-refractivity contribution is -0.147. The molecule has 0 radical (unpaired) electrons. The maximum Gasteiger partial charge on any atom is 0.306 e. The molecule has 1 saturated carbocycles. The molecule has 0 unspecified atom stereocenters. The Labute approximate surface area is 318 Å². The number of hydrogen-bond donors (Lipinski definition) is 4. The van der Waals surface area contributed by atoms with Gasteiger partial charge in [0, 0.05) is 30.8 Å². The van der Waals surface area contributed by atoms with E-state index < -0.39 is 42.0 Å². The van der Waals surface area contributed by atoms with Gasteiger partial charge in [0.05, 0.1) is 12.0 Å². The molecule has 2 fully saturated rings. The second-order valence-corrected chi connectivity index (χ2v) is 16.0. The van der Waals surface area contributed by atoms with Gasteiger partial charge in [0.15, 0.2) is 6.10 Å². The van der Waals surface area contributed by atoms with Gasteiger partial charge in [-0.15, -0.1) is 11.3 Å². The molecule has 1 saturated heterocycles. The van der Waals surface area contributed by atoms with Crippen LogP contribution in [0.1, 0.15) is 125 Å². The Morgan fingerprint density at radius 3 is 2.30 bits per heavy atom. The van der Waals surface area contributed by atoms with Crippen molar-refractivity contribution in [2.45, 2.75) is 135 Å². The molecule has 4 N–H and O–H groups in total. The van der Waals surface area contributed by atoms with E-state index in [4.69, 9.17) is 4.74 Å². The summed E-state index contributed by atoms with van der Waals surface area (Å²) in [7, 11) is 1.95. The maximum absolute atomic E-state index is 14.1. The fourth-order valence-electron chi connectivity index (χ4n) is 7.58. The standard InChI is InChI=1S/C40H59N5O7S/c1-6-25(2)35(44-37(48)33-19-13-14-20-45(33)5)38(49)42-31(29-17-11-8-12-18-29)23-34(52-27(4)46)39-43-32(24-53-39)36(47)41-30(21-26(3)40(50)51)22-28-15-9-7-10-16-28/h7,9-10,15-16,24-26,29-31,33-35H,6,8,11-14,17-23H2,1-5H3,(H,41,47)(H,42,49)(H,44,48)(H,50,51)/t25-,26-,30+,31+,33+,34+,35-/m0/s1. The molecule has 0 bridgehead atoms. The number of carbonyl (C=O) groups excluding carboxylic acids is 4. The van der Waals surface area contributed by atoms with E-state index in [-0.39, 0.29) is 54.3 Å². The molecular formula is C40H59N5O7S. The van der Waals surface area contributed by atoms with Crippen LogP contribution in [0.25, 0.3) is 0 Å². The number of thiazole rings is 1. The van der Waals surface area contributed by atoms with Crippen molar-refractivity contribution < 1.29 is 33.8 Å². The third kappa shape index (κ3) is 12.6. The number of rotatable bonds is 18. The minimum Gasteiger partial charge on any atom is -0.481 e. The summed E-state index contributed by atoms with van der Waals surface area (Å²) >= 11 is 1.21. The summed E-state index contributed by atoms with van der Waals surface area (Å²) in [4.78, 5) is 71.9. The number of nitrogens with zero attached hydrogens (tertiary/aromatic N) is 2. The van der Waals surface area contributed by atoms with Crippen molar-refractivity contribution in [3.8, 4) is 0 Å². The van der Waals surface area contributed by atoms with E-state index in [0.29, 0.717) is 17.8 Å². The highest BCUT2D eigenvalue weighted by molar-refractivity contribution is 7.09. The minimum absolute atomic E-state index is 0.103. The molecule has 0 spiro atoms. The smallest absolute Gasteiger partial charge is 0.306 e. The molecule has 4 rings (SSSR count). The zero-order valence-electron chi connectivity index (χ0n) is 32.0. The summed E-state index contributed by atoms with van der Waals surface area (Å²) in [6.07, 6.45) is 8.63. The van der Waals surface area contributed by atoms with Crippen molar-refractivity contribution in [1.29, 1.82) is 0 Å². The lowest BCUT2D eigenvalue weighted by atomic mass is 9.81. The van der Waals surface area contributed by atoms with Crippen LogP contribution in [0.15, 0.2) is 35.7 Å². The van der Waals surface area contributed by atoms with E-state index in [1.54, 1.807) is 12.3 Å². The van der Waals surface area contributed by atoms with E-state index >= 15 is 0 Å². The first-order chi connectivity index (χ1) is 25.4. The zero-order valence-corrected chi connectivity index (χ0v) is 32.8. The molecule has 2 aliphatic rings. The van der Waals surface area contributed by atoms with Crippen LogP contribution < -0.4 is 16.0 Å². The number of carbonyl (C=O) groups is 5. The van der Waals surface area contributed by atoms with Crippen molar-refractivity contribution in [3.63, 3.8) is 0 Å². The van der Waals surface area contributed by atoms with E-state index in [0.717, 1.165) is 63.5 Å². The van der Waals surface area contributed by atoms with Gasteiger partial charge < -0.3 is 25.8 Å². The molecule has 2 heterocycles. The van der Waals surface area contributed by atoms with Gasteiger partial charge in [-0.2, -0.15) is 0 Å². The number of esters is 1. The number of aliphatic carboxylic acids is 1. The van der Waals surface area contributed by atoms with Crippen LogP contribution >= 0.6 is 11.3 Å². The van der Waals surface area contributed by atoms with Crippen LogP contribution in [0.4, 0.5) is 0 Å². The second kappa shape index (κ2) is 20.6. The highest BCUT2D eigenvalue weighted by atomic mass is 32.1. The molecule has 13 heteroatoms. The molecule has 1 aromatic heterocycles. The van der Waals surface area contributed by atoms with Crippen LogP contribution in [0, 0.1) is 17.8 Å². The number of benzene rings is 1. The number of ether oxygens (including phenoxy) is 1. The molecule has 2 aromatic rings. The second-order valence-electron chi connectivity index (χ2n) is 15.1. The Morgan fingerprint density at radius 1 is 0.962 bits per heavy atom. The number of carboxylic acid groups (broad SMARTS) is 1. The van der Waals surface area contributed by atoms with Gasteiger partial charge >= 0.3 is 11.9 Å². The van der Waals surface area contributed by atoms with E-state index in [2.05, 4.69) is 25.8 Å². The highest BCUT2D eigenvalue weighted by Gasteiger charge is 2.36. The molecular weight excluding hydrogens is 695 g/mol. The summed E-state index contributed by atoms with van der Waals surface area (Å²) in [6, 6.07) is 7.77. The molecule has 292 valence electrons. The quantitative estimate of drug-likeness (QED) is 0.140. The third-order valence-corrected chi connectivity index (χ3v) is 11.9. The van der Waals surface area contributed by atoms with Gasteiger partial charge in [0.2, 0.25) is 11.8 Å². The van der Waals surface area contributed by atoms with Gasteiger partial charge in [-0.05, 0) is 69.5 Å². The van der Waals surface area contributed by atoms with Gasteiger partial charge in [-0.3, -0.25) is 28.9 Å². The fraction of sp³-hybridized carbons (Fsp3) is 0.650. The number of piperidine rings is 1.